The summed E-state index contributed by atoms with van der Waals surface area (Å²) in [6.45, 7) is 2.15. The van der Waals surface area contributed by atoms with Gasteiger partial charge in [0, 0.05) is 0 Å². The molecule has 0 bridgehead atoms. The number of H-pyrrole nitrogens is 1. The Bertz CT molecular complexity index is 149. The van der Waals surface area contributed by atoms with Crippen molar-refractivity contribution in [3.63, 3.8) is 0 Å². The van der Waals surface area contributed by atoms with Crippen molar-refractivity contribution in [1.82, 2.24) is 15.4 Å². The molecule has 0 radical (unpaired) electrons. The van der Waals surface area contributed by atoms with Crippen molar-refractivity contribution in [3.8, 4) is 0 Å². The average molecular weight is 143 g/mol. The van der Waals surface area contributed by atoms with E-state index in [0.29, 0.717) is 0 Å². The highest BCUT2D eigenvalue weighted by molar-refractivity contribution is 7.99. The Morgan fingerprint density at radius 2 is 2.67 bits per heavy atom. The minimum atomic E-state index is 0.983. The lowest BCUT2D eigenvalue weighted by molar-refractivity contribution is 0.910. The highest BCUT2D eigenvalue weighted by Gasteiger charge is 1.92. The fourth-order valence-electron chi connectivity index (χ4n) is 0.468. The lowest BCUT2D eigenvalue weighted by Gasteiger charge is -1.87. The van der Waals surface area contributed by atoms with E-state index in [1.165, 1.54) is 6.42 Å². The van der Waals surface area contributed by atoms with Crippen molar-refractivity contribution in [2.45, 2.75) is 18.4 Å². The van der Waals surface area contributed by atoms with Crippen LogP contribution in [-0.4, -0.2) is 21.2 Å². The maximum Gasteiger partial charge on any atom is 0.138 e. The minimum absolute atomic E-state index is 0.983. The van der Waals surface area contributed by atoms with Crippen LogP contribution in [0.25, 0.3) is 0 Å². The molecule has 1 heterocycles. The van der Waals surface area contributed by atoms with Gasteiger partial charge in [0.25, 0.3) is 0 Å². The second kappa shape index (κ2) is 3.50. The van der Waals surface area contributed by atoms with Gasteiger partial charge in [0.1, 0.15) is 5.03 Å². The third-order valence-corrected chi connectivity index (χ3v) is 1.96. The largest absolute Gasteiger partial charge is 0.264 e. The Hall–Kier alpha value is -0.510. The summed E-state index contributed by atoms with van der Waals surface area (Å²) in [5.74, 6) is 1.12. The van der Waals surface area contributed by atoms with Crippen LogP contribution in [0, 0.1) is 0 Å². The first kappa shape index (κ1) is 6.61. The van der Waals surface area contributed by atoms with E-state index in [1.54, 1.807) is 18.0 Å². The van der Waals surface area contributed by atoms with Crippen LogP contribution in [0.2, 0.25) is 0 Å². The Labute approximate surface area is 58.2 Å². The van der Waals surface area contributed by atoms with Crippen molar-refractivity contribution < 1.29 is 0 Å². The van der Waals surface area contributed by atoms with Gasteiger partial charge >= 0.3 is 0 Å². The summed E-state index contributed by atoms with van der Waals surface area (Å²) in [6.07, 6.45) is 2.98. The van der Waals surface area contributed by atoms with Crippen molar-refractivity contribution in [2.24, 2.45) is 0 Å². The molecule has 0 amide bonds. The van der Waals surface area contributed by atoms with Gasteiger partial charge in [0.15, 0.2) is 0 Å². The van der Waals surface area contributed by atoms with E-state index in [1.807, 2.05) is 0 Å². The van der Waals surface area contributed by atoms with E-state index in [0.717, 1.165) is 10.8 Å². The zero-order valence-electron chi connectivity index (χ0n) is 5.29. The first-order chi connectivity index (χ1) is 4.43. The molecular weight excluding hydrogens is 134 g/mol. The molecule has 0 saturated heterocycles. The van der Waals surface area contributed by atoms with Gasteiger partial charge in [-0.3, -0.25) is 5.10 Å². The molecule has 3 nitrogen and oxygen atoms in total. The summed E-state index contributed by atoms with van der Waals surface area (Å²) < 4.78 is 0. The van der Waals surface area contributed by atoms with Gasteiger partial charge in [-0.05, 0) is 12.2 Å². The first-order valence-corrected chi connectivity index (χ1v) is 3.91. The molecule has 50 valence electrons. The van der Waals surface area contributed by atoms with Gasteiger partial charge in [-0.25, -0.2) is 0 Å². The van der Waals surface area contributed by atoms with E-state index in [-0.39, 0.29) is 0 Å². The van der Waals surface area contributed by atoms with Gasteiger partial charge < -0.3 is 0 Å². The predicted molar refractivity (Wildman–Crippen MR) is 37.4 cm³/mol. The van der Waals surface area contributed by atoms with Crippen LogP contribution >= 0.6 is 11.8 Å². The Balaban J connectivity index is 2.30. The molecule has 0 aliphatic heterocycles. The number of rotatable bonds is 3. The van der Waals surface area contributed by atoms with Crippen LogP contribution in [0.15, 0.2) is 11.2 Å². The lowest BCUT2D eigenvalue weighted by Crippen LogP contribution is -1.74. The van der Waals surface area contributed by atoms with E-state index in [9.17, 15) is 0 Å². The van der Waals surface area contributed by atoms with Crippen LogP contribution in [0.5, 0.6) is 0 Å². The van der Waals surface area contributed by atoms with Crippen molar-refractivity contribution in [2.75, 3.05) is 5.75 Å². The zero-order valence-corrected chi connectivity index (χ0v) is 6.11. The fourth-order valence-corrected chi connectivity index (χ4v) is 1.12. The summed E-state index contributed by atoms with van der Waals surface area (Å²) in [6, 6.07) is 0. The fraction of sp³-hybridized carbons (Fsp3) is 0.600. The highest BCUT2D eigenvalue weighted by atomic mass is 32.2. The number of nitrogens with one attached hydrogen (secondary N) is 1. The quantitative estimate of drug-likeness (QED) is 0.648. The van der Waals surface area contributed by atoms with Crippen LogP contribution in [0.3, 0.4) is 0 Å². The van der Waals surface area contributed by atoms with Crippen molar-refractivity contribution in [1.29, 1.82) is 0 Å². The molecular formula is C5H9N3S. The normalized spacial score (nSPS) is 9.89. The van der Waals surface area contributed by atoms with Gasteiger partial charge in [-0.2, -0.15) is 0 Å². The molecule has 0 spiro atoms. The summed E-state index contributed by atoms with van der Waals surface area (Å²) in [5.41, 5.74) is 0. The standard InChI is InChI=1S/C5H9N3S/c1-2-3-9-5-4-6-8-7-5/h4H,2-3H2,1H3,(H,6,7,8). The number of hydrogen-bond donors (Lipinski definition) is 1. The monoisotopic (exact) mass is 143 g/mol. The molecule has 0 aromatic carbocycles. The summed E-state index contributed by atoms with van der Waals surface area (Å²) in [5, 5.41) is 11.0. The molecule has 0 aliphatic carbocycles. The number of aromatic amines is 1. The SMILES string of the molecule is CCCSc1c[nH]nn1. The molecule has 0 fully saturated rings. The van der Waals surface area contributed by atoms with Crippen molar-refractivity contribution >= 4 is 11.8 Å². The number of aromatic nitrogens is 3. The second-order valence-electron chi connectivity index (χ2n) is 1.66. The van der Waals surface area contributed by atoms with Crippen molar-refractivity contribution in [3.05, 3.63) is 6.20 Å². The smallest absolute Gasteiger partial charge is 0.138 e. The third kappa shape index (κ3) is 2.05. The van der Waals surface area contributed by atoms with Gasteiger partial charge in [-0.1, -0.05) is 12.1 Å². The summed E-state index contributed by atoms with van der Waals surface area (Å²) >= 11 is 1.72. The van der Waals surface area contributed by atoms with Crippen LogP contribution in [-0.2, 0) is 0 Å². The predicted octanol–water partition coefficient (Wildman–Crippen LogP) is 1.31. The Morgan fingerprint density at radius 3 is 3.22 bits per heavy atom. The molecule has 0 unspecified atom stereocenters. The molecule has 0 aliphatic rings. The maximum absolute atomic E-state index is 3.81. The number of thioether (sulfide) groups is 1. The molecule has 1 aromatic heterocycles. The second-order valence-corrected chi connectivity index (χ2v) is 2.78. The topological polar surface area (TPSA) is 41.6 Å². The van der Waals surface area contributed by atoms with Gasteiger partial charge in [-0.15, -0.1) is 16.9 Å². The molecule has 0 atom stereocenters. The molecule has 1 aromatic rings. The highest BCUT2D eigenvalue weighted by Crippen LogP contribution is 2.12. The molecule has 0 saturated carbocycles. The average Bonchev–Trinajstić information content (AvgIpc) is 2.34. The maximum atomic E-state index is 3.81. The van der Waals surface area contributed by atoms with Gasteiger partial charge in [0.05, 0.1) is 6.20 Å². The zero-order chi connectivity index (χ0) is 6.53. The Kier molecular flexibility index (Phi) is 2.57. The minimum Gasteiger partial charge on any atom is -0.264 e. The lowest BCUT2D eigenvalue weighted by atomic mass is 10.6. The molecule has 9 heavy (non-hydrogen) atoms. The molecule has 1 N–H and O–H groups in total. The van der Waals surface area contributed by atoms with E-state index in [2.05, 4.69) is 22.3 Å². The third-order valence-electron chi connectivity index (χ3n) is 0.848. The first-order valence-electron chi connectivity index (χ1n) is 2.92. The van der Waals surface area contributed by atoms with E-state index in [4.69, 9.17) is 0 Å². The van der Waals surface area contributed by atoms with Crippen LogP contribution < -0.4 is 0 Å². The van der Waals surface area contributed by atoms with E-state index >= 15 is 0 Å². The summed E-state index contributed by atoms with van der Waals surface area (Å²) in [7, 11) is 0. The van der Waals surface area contributed by atoms with E-state index < -0.39 is 0 Å². The molecule has 4 heteroatoms. The molecule has 1 rings (SSSR count). The van der Waals surface area contributed by atoms with Gasteiger partial charge in [0.2, 0.25) is 0 Å². The number of nitrogens with zero attached hydrogens (tertiary/aromatic N) is 2. The van der Waals surface area contributed by atoms with Crippen LogP contribution in [0.4, 0.5) is 0 Å². The number of hydrogen-bond acceptors (Lipinski definition) is 3. The van der Waals surface area contributed by atoms with Crippen LogP contribution in [0.1, 0.15) is 13.3 Å². The summed E-state index contributed by atoms with van der Waals surface area (Å²) in [4.78, 5) is 0. The Morgan fingerprint density at radius 1 is 1.78 bits per heavy atom.